The summed E-state index contributed by atoms with van der Waals surface area (Å²) in [6.07, 6.45) is 1.13. The fourth-order valence-electron chi connectivity index (χ4n) is 1.86. The average Bonchev–Trinajstić information content (AvgIpc) is 2.53. The fraction of sp³-hybridized carbons (Fsp3) is 0.188. The Morgan fingerprint density at radius 1 is 1.04 bits per heavy atom. The Kier molecular flexibility index (Phi) is 5.23. The number of anilines is 1. The van der Waals surface area contributed by atoms with Crippen LogP contribution >= 0.6 is 0 Å². The van der Waals surface area contributed by atoms with Crippen LogP contribution in [0.1, 0.15) is 0 Å². The van der Waals surface area contributed by atoms with E-state index in [9.17, 15) is 13.2 Å². The van der Waals surface area contributed by atoms with Crippen LogP contribution in [0.3, 0.4) is 0 Å². The Bertz CT molecular complexity index is 784. The molecule has 0 radical (unpaired) electrons. The summed E-state index contributed by atoms with van der Waals surface area (Å²) in [6.45, 7) is -0.186. The van der Waals surface area contributed by atoms with E-state index < -0.39 is 9.84 Å². The van der Waals surface area contributed by atoms with E-state index in [0.717, 1.165) is 6.26 Å². The molecule has 2 aromatic carbocycles. The molecule has 0 spiro atoms. The summed E-state index contributed by atoms with van der Waals surface area (Å²) in [5, 5.41) is 2.63. The van der Waals surface area contributed by atoms with E-state index in [1.165, 1.54) is 31.4 Å². The Morgan fingerprint density at radius 3 is 2.22 bits per heavy atom. The van der Waals surface area contributed by atoms with Crippen molar-refractivity contribution in [2.45, 2.75) is 4.90 Å². The molecule has 0 heterocycles. The Morgan fingerprint density at radius 2 is 1.65 bits per heavy atom. The number of nitrogens with one attached hydrogen (secondary N) is 1. The predicted octanol–water partition coefficient (Wildman–Crippen LogP) is 2.12. The molecule has 6 nitrogen and oxygen atoms in total. The smallest absolute Gasteiger partial charge is 0.262 e. The monoisotopic (exact) mass is 335 g/mol. The van der Waals surface area contributed by atoms with Crippen LogP contribution in [0.25, 0.3) is 0 Å². The molecule has 0 aliphatic rings. The van der Waals surface area contributed by atoms with Crippen LogP contribution in [0.4, 0.5) is 5.69 Å². The number of carbonyl (C=O) groups is 1. The van der Waals surface area contributed by atoms with E-state index in [2.05, 4.69) is 5.32 Å². The standard InChI is InChI=1S/C16H17NO5S/c1-21-14-5-3-4-6-15(14)22-11-16(18)17-12-7-9-13(10-8-12)23(2,19)20/h3-10H,11H2,1-2H3,(H,17,18). The number of amides is 1. The number of ether oxygens (including phenoxy) is 2. The highest BCUT2D eigenvalue weighted by Gasteiger charge is 2.09. The van der Waals surface area contributed by atoms with Crippen molar-refractivity contribution in [3.63, 3.8) is 0 Å². The van der Waals surface area contributed by atoms with Gasteiger partial charge >= 0.3 is 0 Å². The molecule has 0 unspecified atom stereocenters. The van der Waals surface area contributed by atoms with Gasteiger partial charge in [-0.1, -0.05) is 12.1 Å². The van der Waals surface area contributed by atoms with Crippen molar-refractivity contribution in [3.05, 3.63) is 48.5 Å². The molecule has 0 saturated heterocycles. The number of hydrogen-bond acceptors (Lipinski definition) is 5. The summed E-state index contributed by atoms with van der Waals surface area (Å²) in [7, 11) is -1.73. The van der Waals surface area contributed by atoms with Crippen molar-refractivity contribution in [2.75, 3.05) is 25.3 Å². The summed E-state index contributed by atoms with van der Waals surface area (Å²) >= 11 is 0. The summed E-state index contributed by atoms with van der Waals surface area (Å²) in [5.41, 5.74) is 0.492. The van der Waals surface area contributed by atoms with Gasteiger partial charge in [0.1, 0.15) is 0 Å². The second kappa shape index (κ2) is 7.15. The number of para-hydroxylation sites is 2. The van der Waals surface area contributed by atoms with E-state index >= 15 is 0 Å². The molecular weight excluding hydrogens is 318 g/mol. The number of benzene rings is 2. The average molecular weight is 335 g/mol. The van der Waals surface area contributed by atoms with Crippen molar-refractivity contribution < 1.29 is 22.7 Å². The van der Waals surface area contributed by atoms with Gasteiger partial charge in [0.25, 0.3) is 5.91 Å². The molecule has 2 rings (SSSR count). The molecule has 1 N–H and O–H groups in total. The summed E-state index contributed by atoms with van der Waals surface area (Å²) in [6, 6.07) is 12.9. The molecule has 0 saturated carbocycles. The zero-order valence-electron chi connectivity index (χ0n) is 12.8. The molecular formula is C16H17NO5S. The molecule has 0 aromatic heterocycles. The predicted molar refractivity (Wildman–Crippen MR) is 86.7 cm³/mol. The Hall–Kier alpha value is -2.54. The summed E-state index contributed by atoms with van der Waals surface area (Å²) in [4.78, 5) is 12.1. The number of carbonyl (C=O) groups excluding carboxylic acids is 1. The zero-order valence-corrected chi connectivity index (χ0v) is 13.6. The quantitative estimate of drug-likeness (QED) is 0.874. The van der Waals surface area contributed by atoms with Crippen LogP contribution in [0.5, 0.6) is 11.5 Å². The van der Waals surface area contributed by atoms with Crippen LogP contribution < -0.4 is 14.8 Å². The van der Waals surface area contributed by atoms with Gasteiger partial charge in [0, 0.05) is 11.9 Å². The molecule has 0 atom stereocenters. The van der Waals surface area contributed by atoms with E-state index in [1.54, 1.807) is 24.3 Å². The van der Waals surface area contributed by atoms with Crippen molar-refractivity contribution in [3.8, 4) is 11.5 Å². The van der Waals surface area contributed by atoms with Gasteiger partial charge in [0.05, 0.1) is 12.0 Å². The molecule has 122 valence electrons. The molecule has 1 amide bonds. The molecule has 0 aliphatic carbocycles. The van der Waals surface area contributed by atoms with Gasteiger partial charge in [-0.25, -0.2) is 8.42 Å². The first kappa shape index (κ1) is 16.8. The first-order valence-electron chi connectivity index (χ1n) is 6.76. The lowest BCUT2D eigenvalue weighted by Gasteiger charge is -2.10. The third kappa shape index (κ3) is 4.72. The minimum atomic E-state index is -3.25. The maximum absolute atomic E-state index is 11.9. The number of methoxy groups -OCH3 is 1. The second-order valence-electron chi connectivity index (χ2n) is 4.78. The maximum Gasteiger partial charge on any atom is 0.262 e. The van der Waals surface area contributed by atoms with E-state index in [4.69, 9.17) is 9.47 Å². The topological polar surface area (TPSA) is 81.7 Å². The van der Waals surface area contributed by atoms with Gasteiger partial charge in [-0.05, 0) is 36.4 Å². The van der Waals surface area contributed by atoms with E-state index in [1.807, 2.05) is 0 Å². The number of sulfone groups is 1. The van der Waals surface area contributed by atoms with Gasteiger partial charge in [-0.15, -0.1) is 0 Å². The van der Waals surface area contributed by atoms with Crippen molar-refractivity contribution in [2.24, 2.45) is 0 Å². The number of hydrogen-bond donors (Lipinski definition) is 1. The highest BCUT2D eigenvalue weighted by Crippen LogP contribution is 2.25. The fourth-order valence-corrected chi connectivity index (χ4v) is 2.49. The summed E-state index contributed by atoms with van der Waals surface area (Å²) in [5.74, 6) is 0.651. The Labute approximate surface area is 135 Å². The van der Waals surface area contributed by atoms with Crippen LogP contribution in [0.2, 0.25) is 0 Å². The van der Waals surface area contributed by atoms with Crippen molar-refractivity contribution >= 4 is 21.4 Å². The lowest BCUT2D eigenvalue weighted by Crippen LogP contribution is -2.20. The minimum absolute atomic E-state index is 0.186. The zero-order chi connectivity index (χ0) is 16.9. The minimum Gasteiger partial charge on any atom is -0.493 e. The van der Waals surface area contributed by atoms with Gasteiger partial charge in [-0.2, -0.15) is 0 Å². The SMILES string of the molecule is COc1ccccc1OCC(=O)Nc1ccc(S(C)(=O)=O)cc1. The van der Waals surface area contributed by atoms with Crippen LogP contribution in [0, 0.1) is 0 Å². The van der Waals surface area contributed by atoms with Gasteiger partial charge in [0.15, 0.2) is 27.9 Å². The first-order valence-corrected chi connectivity index (χ1v) is 8.65. The molecule has 0 fully saturated rings. The van der Waals surface area contributed by atoms with E-state index in [-0.39, 0.29) is 17.4 Å². The van der Waals surface area contributed by atoms with E-state index in [0.29, 0.717) is 17.2 Å². The Balaban J connectivity index is 1.95. The van der Waals surface area contributed by atoms with Gasteiger partial charge in [-0.3, -0.25) is 4.79 Å². The second-order valence-corrected chi connectivity index (χ2v) is 6.80. The van der Waals surface area contributed by atoms with Crippen LogP contribution in [-0.4, -0.2) is 34.3 Å². The highest BCUT2D eigenvalue weighted by atomic mass is 32.2. The normalized spacial score (nSPS) is 10.9. The van der Waals surface area contributed by atoms with Crippen molar-refractivity contribution in [1.82, 2.24) is 0 Å². The molecule has 2 aromatic rings. The third-order valence-corrected chi connectivity index (χ3v) is 4.12. The third-order valence-electron chi connectivity index (χ3n) is 2.99. The maximum atomic E-state index is 11.9. The molecule has 23 heavy (non-hydrogen) atoms. The highest BCUT2D eigenvalue weighted by molar-refractivity contribution is 7.90. The molecule has 7 heteroatoms. The lowest BCUT2D eigenvalue weighted by atomic mass is 10.3. The van der Waals surface area contributed by atoms with Crippen LogP contribution in [-0.2, 0) is 14.6 Å². The van der Waals surface area contributed by atoms with Crippen molar-refractivity contribution in [1.29, 1.82) is 0 Å². The summed E-state index contributed by atoms with van der Waals surface area (Å²) < 4.78 is 33.3. The first-order chi connectivity index (χ1) is 10.9. The molecule has 0 aliphatic heterocycles. The van der Waals surface area contributed by atoms with Crippen LogP contribution in [0.15, 0.2) is 53.4 Å². The van der Waals surface area contributed by atoms with Gasteiger partial charge in [0.2, 0.25) is 0 Å². The molecule has 0 bridgehead atoms. The number of rotatable bonds is 6. The van der Waals surface area contributed by atoms with Gasteiger partial charge < -0.3 is 14.8 Å². The lowest BCUT2D eigenvalue weighted by molar-refractivity contribution is -0.118. The largest absolute Gasteiger partial charge is 0.493 e.